The Bertz CT molecular complexity index is 1300. The Morgan fingerprint density at radius 2 is 2.03 bits per heavy atom. The Morgan fingerprint density at radius 1 is 1.13 bits per heavy atom. The molecule has 0 aliphatic carbocycles. The summed E-state index contributed by atoms with van der Waals surface area (Å²) in [4.78, 5) is 24.1. The second-order valence-electron chi connectivity index (χ2n) is 6.77. The van der Waals surface area contributed by atoms with E-state index in [4.69, 9.17) is 4.74 Å². The van der Waals surface area contributed by atoms with E-state index in [1.165, 1.54) is 7.11 Å². The fraction of sp³-hybridized carbons (Fsp3) is 0.125. The minimum Gasteiger partial charge on any atom is -0.373 e. The monoisotopic (exact) mass is 411 g/mol. The Hall–Kier alpha value is -4.15. The molecular weight excluding hydrogens is 390 g/mol. The topological polar surface area (TPSA) is 91.9 Å². The molecule has 4 rings (SSSR count). The molecule has 1 aromatic carbocycles. The number of aromatic nitrogens is 3. The van der Waals surface area contributed by atoms with Crippen molar-refractivity contribution in [3.05, 3.63) is 61.1 Å². The van der Waals surface area contributed by atoms with Gasteiger partial charge >= 0.3 is 0 Å². The molecule has 3 heterocycles. The van der Waals surface area contributed by atoms with Crippen LogP contribution in [0.2, 0.25) is 0 Å². The summed E-state index contributed by atoms with van der Waals surface area (Å²) >= 11 is 0. The number of hydrogen-bond donors (Lipinski definition) is 3. The highest BCUT2D eigenvalue weighted by Gasteiger charge is 2.10. The summed E-state index contributed by atoms with van der Waals surface area (Å²) in [7, 11) is 3.38. The Morgan fingerprint density at radius 3 is 2.87 bits per heavy atom. The second-order valence-corrected chi connectivity index (χ2v) is 6.77. The average molecular weight is 411 g/mol. The van der Waals surface area contributed by atoms with Crippen LogP contribution in [-0.4, -0.2) is 41.6 Å². The van der Waals surface area contributed by atoms with Crippen LogP contribution in [0.3, 0.4) is 0 Å². The van der Waals surface area contributed by atoms with Crippen molar-refractivity contribution >= 4 is 28.4 Å². The number of H-pyrrole nitrogens is 1. The fourth-order valence-electron chi connectivity index (χ4n) is 3.26. The first-order chi connectivity index (χ1) is 15.2. The van der Waals surface area contributed by atoms with E-state index < -0.39 is 0 Å². The van der Waals surface area contributed by atoms with Crippen molar-refractivity contribution in [1.29, 1.82) is 0 Å². The number of fused-ring (bicyclic) bond motifs is 1. The number of methoxy groups -OCH3 is 1. The molecule has 1 amide bonds. The third-order valence-electron chi connectivity index (χ3n) is 4.73. The van der Waals surface area contributed by atoms with Gasteiger partial charge in [-0.3, -0.25) is 4.79 Å². The van der Waals surface area contributed by atoms with Gasteiger partial charge in [0.1, 0.15) is 18.1 Å². The average Bonchev–Trinajstić information content (AvgIpc) is 3.23. The lowest BCUT2D eigenvalue weighted by Gasteiger charge is -2.07. The second kappa shape index (κ2) is 9.11. The summed E-state index contributed by atoms with van der Waals surface area (Å²) in [5.41, 5.74) is 5.44. The minimum absolute atomic E-state index is 0.214. The molecule has 3 N–H and O–H groups in total. The van der Waals surface area contributed by atoms with Gasteiger partial charge in [-0.1, -0.05) is 18.1 Å². The molecule has 7 heteroatoms. The van der Waals surface area contributed by atoms with Gasteiger partial charge < -0.3 is 20.4 Å². The van der Waals surface area contributed by atoms with E-state index in [0.717, 1.165) is 39.1 Å². The third kappa shape index (κ3) is 4.55. The number of ether oxygens (including phenoxy) is 1. The van der Waals surface area contributed by atoms with E-state index in [1.54, 1.807) is 6.20 Å². The highest BCUT2D eigenvalue weighted by atomic mass is 16.5. The molecular formula is C24H21N5O2. The predicted molar refractivity (Wildman–Crippen MR) is 123 cm³/mol. The van der Waals surface area contributed by atoms with E-state index in [0.29, 0.717) is 5.69 Å². The van der Waals surface area contributed by atoms with Gasteiger partial charge in [-0.05, 0) is 47.4 Å². The van der Waals surface area contributed by atoms with Crippen molar-refractivity contribution in [2.75, 3.05) is 31.4 Å². The number of nitrogens with zero attached hydrogens (tertiary/aromatic N) is 2. The zero-order valence-electron chi connectivity index (χ0n) is 17.2. The fourth-order valence-corrected chi connectivity index (χ4v) is 3.26. The number of benzene rings is 1. The normalized spacial score (nSPS) is 10.4. The zero-order chi connectivity index (χ0) is 21.6. The molecule has 0 bridgehead atoms. The summed E-state index contributed by atoms with van der Waals surface area (Å²) < 4.78 is 4.83. The summed E-state index contributed by atoms with van der Waals surface area (Å²) in [5, 5.41) is 6.85. The number of amides is 1. The maximum Gasteiger partial charge on any atom is 0.300 e. The maximum atomic E-state index is 12.0. The van der Waals surface area contributed by atoms with Gasteiger partial charge in [0.15, 0.2) is 0 Å². The lowest BCUT2D eigenvalue weighted by atomic mass is 10.0. The van der Waals surface area contributed by atoms with Crippen molar-refractivity contribution in [3.8, 4) is 34.1 Å². The highest BCUT2D eigenvalue weighted by molar-refractivity contribution is 6.04. The molecule has 0 radical (unpaired) electrons. The van der Waals surface area contributed by atoms with E-state index in [2.05, 4.69) is 43.5 Å². The van der Waals surface area contributed by atoms with Crippen molar-refractivity contribution in [2.24, 2.45) is 0 Å². The largest absolute Gasteiger partial charge is 0.373 e. The van der Waals surface area contributed by atoms with Crippen LogP contribution in [0, 0.1) is 11.8 Å². The van der Waals surface area contributed by atoms with E-state index in [9.17, 15) is 4.79 Å². The molecule has 7 nitrogen and oxygen atoms in total. The smallest absolute Gasteiger partial charge is 0.300 e. The van der Waals surface area contributed by atoms with Gasteiger partial charge in [0.25, 0.3) is 5.91 Å². The number of carbonyl (C=O) groups excluding carboxylic acids is 1. The van der Waals surface area contributed by atoms with Crippen LogP contribution >= 0.6 is 0 Å². The first-order valence-corrected chi connectivity index (χ1v) is 9.68. The molecule has 0 spiro atoms. The summed E-state index contributed by atoms with van der Waals surface area (Å²) in [6.45, 7) is 0.214. The van der Waals surface area contributed by atoms with Crippen LogP contribution in [0.15, 0.2) is 61.1 Å². The van der Waals surface area contributed by atoms with Crippen LogP contribution in [0.25, 0.3) is 33.3 Å². The number of rotatable bonds is 5. The Labute approximate surface area is 179 Å². The maximum absolute atomic E-state index is 12.0. The highest BCUT2D eigenvalue weighted by Crippen LogP contribution is 2.32. The number of carbonyl (C=O) groups is 1. The van der Waals surface area contributed by atoms with E-state index >= 15 is 0 Å². The standard InChI is InChI=1S/C24H21N5O2/c1-25-22-13-17(8-9-26-22)21-15-28-24-20(21)12-18(14-27-24)16-5-3-6-19(11-16)29-23(30)7-4-10-31-2/h3,5-6,8-9,11-15H,10H2,1-2H3,(H,25,26)(H,27,28)(H,29,30). The molecule has 0 saturated carbocycles. The number of hydrogen-bond acceptors (Lipinski definition) is 5. The van der Waals surface area contributed by atoms with Crippen LogP contribution in [0.5, 0.6) is 0 Å². The Balaban J connectivity index is 1.66. The molecule has 0 aliphatic rings. The van der Waals surface area contributed by atoms with E-state index in [1.807, 2.05) is 55.8 Å². The van der Waals surface area contributed by atoms with Crippen molar-refractivity contribution < 1.29 is 9.53 Å². The molecule has 0 unspecified atom stereocenters. The third-order valence-corrected chi connectivity index (χ3v) is 4.73. The SMILES string of the molecule is CNc1cc(-c2c[nH]c3ncc(-c4cccc(NC(=O)C#CCOC)c4)cc23)ccn1. The summed E-state index contributed by atoms with van der Waals surface area (Å²) in [6, 6.07) is 13.6. The minimum atomic E-state index is -0.381. The molecule has 3 aromatic heterocycles. The first-order valence-electron chi connectivity index (χ1n) is 9.68. The molecule has 0 saturated heterocycles. The molecule has 0 fully saturated rings. The quantitative estimate of drug-likeness (QED) is 0.433. The molecule has 154 valence electrons. The molecule has 31 heavy (non-hydrogen) atoms. The predicted octanol–water partition coefficient (Wildman–Crippen LogP) is 3.92. The van der Waals surface area contributed by atoms with Crippen LogP contribution in [0.4, 0.5) is 11.5 Å². The molecule has 0 aliphatic heterocycles. The lowest BCUT2D eigenvalue weighted by Crippen LogP contribution is -2.08. The summed E-state index contributed by atoms with van der Waals surface area (Å²) in [6.07, 6.45) is 5.54. The first kappa shape index (κ1) is 20.1. The lowest BCUT2D eigenvalue weighted by molar-refractivity contribution is -0.111. The molecule has 4 aromatic rings. The van der Waals surface area contributed by atoms with Crippen molar-refractivity contribution in [2.45, 2.75) is 0 Å². The molecule has 0 atom stereocenters. The van der Waals surface area contributed by atoms with Crippen LogP contribution in [-0.2, 0) is 9.53 Å². The summed E-state index contributed by atoms with van der Waals surface area (Å²) in [5.74, 6) is 5.56. The zero-order valence-corrected chi connectivity index (χ0v) is 17.2. The van der Waals surface area contributed by atoms with Gasteiger partial charge in [-0.2, -0.15) is 0 Å². The van der Waals surface area contributed by atoms with Gasteiger partial charge in [-0.25, -0.2) is 9.97 Å². The number of aromatic amines is 1. The van der Waals surface area contributed by atoms with Gasteiger partial charge in [-0.15, -0.1) is 0 Å². The van der Waals surface area contributed by atoms with Crippen LogP contribution < -0.4 is 10.6 Å². The van der Waals surface area contributed by atoms with E-state index in [-0.39, 0.29) is 12.5 Å². The number of pyridine rings is 2. The van der Waals surface area contributed by atoms with Gasteiger partial charge in [0.05, 0.1) is 0 Å². The van der Waals surface area contributed by atoms with Gasteiger partial charge in [0.2, 0.25) is 0 Å². The van der Waals surface area contributed by atoms with Crippen LogP contribution in [0.1, 0.15) is 0 Å². The van der Waals surface area contributed by atoms with Crippen molar-refractivity contribution in [3.63, 3.8) is 0 Å². The number of nitrogens with one attached hydrogen (secondary N) is 3. The van der Waals surface area contributed by atoms with Crippen molar-refractivity contribution in [1.82, 2.24) is 15.0 Å². The number of anilines is 2. The Kier molecular flexibility index (Phi) is 5.92. The van der Waals surface area contributed by atoms with Gasteiger partial charge in [0, 0.05) is 54.9 Å².